The van der Waals surface area contributed by atoms with Crippen LogP contribution in [0.4, 0.5) is 5.13 Å². The zero-order valence-electron chi connectivity index (χ0n) is 11.3. The summed E-state index contributed by atoms with van der Waals surface area (Å²) < 4.78 is 6.80. The molecule has 0 aliphatic rings. The van der Waals surface area contributed by atoms with Gasteiger partial charge in [0.15, 0.2) is 4.34 Å². The first-order valence-corrected chi connectivity index (χ1v) is 8.66. The average Bonchev–Trinajstić information content (AvgIpc) is 2.93. The number of rotatable bonds is 5. The maximum absolute atomic E-state index is 11.8. The van der Waals surface area contributed by atoms with Crippen LogP contribution >= 0.6 is 39.0 Å². The van der Waals surface area contributed by atoms with Gasteiger partial charge in [0.2, 0.25) is 11.0 Å². The summed E-state index contributed by atoms with van der Waals surface area (Å²) in [5, 5.41) is 11.0. The highest BCUT2D eigenvalue weighted by atomic mass is 79.9. The second kappa shape index (κ2) is 7.58. The number of methoxy groups -OCH3 is 1. The van der Waals surface area contributed by atoms with Crippen LogP contribution in [0.5, 0.6) is 5.75 Å². The van der Waals surface area contributed by atoms with Crippen LogP contribution in [0.25, 0.3) is 6.08 Å². The number of carbonyl (C=O) groups is 1. The number of amides is 1. The van der Waals surface area contributed by atoms with Crippen LogP contribution < -0.4 is 10.1 Å². The fourth-order valence-corrected chi connectivity index (χ4v) is 3.18. The molecule has 0 unspecified atom stereocenters. The molecule has 1 N–H and O–H groups in total. The molecule has 0 atom stereocenters. The molecule has 2 rings (SSSR count). The first-order valence-electron chi connectivity index (χ1n) is 5.82. The van der Waals surface area contributed by atoms with Gasteiger partial charge >= 0.3 is 0 Å². The predicted octanol–water partition coefficient (Wildman–Crippen LogP) is 3.68. The van der Waals surface area contributed by atoms with E-state index in [9.17, 15) is 4.79 Å². The lowest BCUT2D eigenvalue weighted by Crippen LogP contribution is -2.07. The van der Waals surface area contributed by atoms with Crippen molar-refractivity contribution < 1.29 is 9.53 Å². The summed E-state index contributed by atoms with van der Waals surface area (Å²) in [5.74, 6) is 0.501. The Bertz CT molecular complexity index is 673. The first-order chi connectivity index (χ1) is 10.1. The average molecular weight is 386 g/mol. The van der Waals surface area contributed by atoms with E-state index in [4.69, 9.17) is 4.74 Å². The molecule has 8 heteroatoms. The van der Waals surface area contributed by atoms with Gasteiger partial charge in [0.25, 0.3) is 0 Å². The largest absolute Gasteiger partial charge is 0.496 e. The lowest BCUT2D eigenvalue weighted by molar-refractivity contribution is -0.111. The molecule has 0 aliphatic carbocycles. The van der Waals surface area contributed by atoms with Crippen molar-refractivity contribution in [1.29, 1.82) is 0 Å². The van der Waals surface area contributed by atoms with Crippen LogP contribution in [0, 0.1) is 0 Å². The van der Waals surface area contributed by atoms with Crippen molar-refractivity contribution in [1.82, 2.24) is 10.2 Å². The number of nitrogens with one attached hydrogen (secondary N) is 1. The molecular weight excluding hydrogens is 374 g/mol. The van der Waals surface area contributed by atoms with Gasteiger partial charge < -0.3 is 4.74 Å². The monoisotopic (exact) mass is 385 g/mol. The van der Waals surface area contributed by atoms with Crippen molar-refractivity contribution in [2.24, 2.45) is 0 Å². The number of thioether (sulfide) groups is 1. The summed E-state index contributed by atoms with van der Waals surface area (Å²) in [7, 11) is 1.61. The molecule has 2 aromatic rings. The van der Waals surface area contributed by atoms with E-state index in [1.165, 1.54) is 29.2 Å². The predicted molar refractivity (Wildman–Crippen MR) is 90.0 cm³/mol. The van der Waals surface area contributed by atoms with Gasteiger partial charge in [0.1, 0.15) is 5.75 Å². The molecule has 0 aliphatic heterocycles. The first kappa shape index (κ1) is 16.0. The Morgan fingerprint density at radius 3 is 2.90 bits per heavy atom. The Morgan fingerprint density at radius 2 is 2.29 bits per heavy atom. The molecule has 1 heterocycles. The molecule has 110 valence electrons. The minimum absolute atomic E-state index is 0.245. The second-order valence-electron chi connectivity index (χ2n) is 3.79. The molecule has 1 amide bonds. The molecule has 21 heavy (non-hydrogen) atoms. The van der Waals surface area contributed by atoms with Crippen LogP contribution in [0.3, 0.4) is 0 Å². The smallest absolute Gasteiger partial charge is 0.250 e. The van der Waals surface area contributed by atoms with Gasteiger partial charge in [0, 0.05) is 6.08 Å². The molecule has 0 saturated carbocycles. The van der Waals surface area contributed by atoms with Crippen LogP contribution in [0.1, 0.15) is 5.56 Å². The van der Waals surface area contributed by atoms with Crippen molar-refractivity contribution in [2.75, 3.05) is 18.7 Å². The number of halogens is 1. The SMILES string of the molecule is COc1ccc(/C=C/C(=O)Nc2nnc(SC)s2)cc1Br. The van der Waals surface area contributed by atoms with Gasteiger partial charge in [-0.25, -0.2) is 0 Å². The number of hydrogen-bond donors (Lipinski definition) is 1. The van der Waals surface area contributed by atoms with Crippen molar-refractivity contribution in [3.8, 4) is 5.75 Å². The zero-order chi connectivity index (χ0) is 15.2. The summed E-state index contributed by atoms with van der Waals surface area (Å²) in [4.78, 5) is 11.8. The Kier molecular flexibility index (Phi) is 5.77. The maximum Gasteiger partial charge on any atom is 0.250 e. The molecule has 0 bridgehead atoms. The third-order valence-corrected chi connectivity index (χ3v) is 4.85. The van der Waals surface area contributed by atoms with Crippen LogP contribution in [-0.2, 0) is 4.79 Å². The summed E-state index contributed by atoms with van der Waals surface area (Å²) in [5.41, 5.74) is 0.889. The van der Waals surface area contributed by atoms with Crippen molar-refractivity contribution >= 4 is 56.1 Å². The second-order valence-corrected chi connectivity index (χ2v) is 6.68. The van der Waals surface area contributed by atoms with Gasteiger partial charge in [-0.3, -0.25) is 10.1 Å². The van der Waals surface area contributed by atoms with E-state index < -0.39 is 0 Å². The van der Waals surface area contributed by atoms with Gasteiger partial charge in [-0.1, -0.05) is 29.2 Å². The molecular formula is C13H12BrN3O2S2. The summed E-state index contributed by atoms with van der Waals surface area (Å²) >= 11 is 6.23. The van der Waals surface area contributed by atoms with Gasteiger partial charge in [-0.15, -0.1) is 10.2 Å². The molecule has 1 aromatic carbocycles. The van der Waals surface area contributed by atoms with E-state index in [1.54, 1.807) is 13.2 Å². The lowest BCUT2D eigenvalue weighted by Gasteiger charge is -2.03. The number of ether oxygens (including phenoxy) is 1. The third kappa shape index (κ3) is 4.55. The number of hydrogen-bond acceptors (Lipinski definition) is 6. The third-order valence-electron chi connectivity index (χ3n) is 2.41. The Labute approximate surface area is 138 Å². The van der Waals surface area contributed by atoms with E-state index >= 15 is 0 Å². The fraction of sp³-hybridized carbons (Fsp3) is 0.154. The molecule has 5 nitrogen and oxygen atoms in total. The Balaban J connectivity index is 2.00. The quantitative estimate of drug-likeness (QED) is 0.483. The number of carbonyl (C=O) groups excluding carboxylic acids is 1. The summed E-state index contributed by atoms with van der Waals surface area (Å²) in [6.07, 6.45) is 5.08. The molecule has 1 aromatic heterocycles. The van der Waals surface area contributed by atoms with E-state index in [2.05, 4.69) is 31.4 Å². The van der Waals surface area contributed by atoms with E-state index in [0.29, 0.717) is 5.13 Å². The molecule has 0 radical (unpaired) electrons. The van der Waals surface area contributed by atoms with Crippen LogP contribution in [0.2, 0.25) is 0 Å². The lowest BCUT2D eigenvalue weighted by atomic mass is 10.2. The van der Waals surface area contributed by atoms with Gasteiger partial charge in [-0.2, -0.15) is 0 Å². The summed E-state index contributed by atoms with van der Waals surface area (Å²) in [6.45, 7) is 0. The van der Waals surface area contributed by atoms with Crippen molar-refractivity contribution in [2.45, 2.75) is 4.34 Å². The number of benzene rings is 1. The summed E-state index contributed by atoms with van der Waals surface area (Å²) in [6, 6.07) is 5.57. The van der Waals surface area contributed by atoms with Gasteiger partial charge in [0.05, 0.1) is 11.6 Å². The van der Waals surface area contributed by atoms with Crippen molar-refractivity contribution in [3.05, 3.63) is 34.3 Å². The van der Waals surface area contributed by atoms with E-state index in [0.717, 1.165) is 20.1 Å². The Morgan fingerprint density at radius 1 is 1.48 bits per heavy atom. The van der Waals surface area contributed by atoms with E-state index in [-0.39, 0.29) is 5.91 Å². The fourth-order valence-electron chi connectivity index (χ4n) is 1.45. The van der Waals surface area contributed by atoms with Crippen LogP contribution in [-0.4, -0.2) is 29.5 Å². The number of nitrogens with zero attached hydrogens (tertiary/aromatic N) is 2. The zero-order valence-corrected chi connectivity index (χ0v) is 14.5. The minimum atomic E-state index is -0.245. The number of aromatic nitrogens is 2. The van der Waals surface area contributed by atoms with E-state index in [1.807, 2.05) is 24.5 Å². The molecule has 0 fully saturated rings. The number of anilines is 1. The van der Waals surface area contributed by atoms with Crippen molar-refractivity contribution in [3.63, 3.8) is 0 Å². The van der Waals surface area contributed by atoms with Gasteiger partial charge in [-0.05, 0) is 46.0 Å². The highest BCUT2D eigenvalue weighted by Gasteiger charge is 2.05. The Hall–Kier alpha value is -1.38. The minimum Gasteiger partial charge on any atom is -0.496 e. The normalized spacial score (nSPS) is 10.8. The van der Waals surface area contributed by atoms with Crippen LogP contribution in [0.15, 0.2) is 33.1 Å². The maximum atomic E-state index is 11.8. The topological polar surface area (TPSA) is 64.1 Å². The highest BCUT2D eigenvalue weighted by Crippen LogP contribution is 2.26. The molecule has 0 spiro atoms. The molecule has 0 saturated heterocycles. The standard InChI is InChI=1S/C13H12BrN3O2S2/c1-19-10-5-3-8(7-9(10)14)4-6-11(18)15-12-16-17-13(20-2)21-12/h3-7H,1-2H3,(H,15,16,18)/b6-4+. The highest BCUT2D eigenvalue weighted by molar-refractivity contribution is 9.10.